The van der Waals surface area contributed by atoms with Crippen LogP contribution in [0.1, 0.15) is 49.6 Å². The first-order chi connectivity index (χ1) is 7.70. The summed E-state index contributed by atoms with van der Waals surface area (Å²) in [4.78, 5) is 0. The zero-order chi connectivity index (χ0) is 11.5. The van der Waals surface area contributed by atoms with Crippen LogP contribution >= 0.6 is 0 Å². The van der Waals surface area contributed by atoms with E-state index < -0.39 is 0 Å². The van der Waals surface area contributed by atoms with E-state index in [1.165, 1.54) is 36.9 Å². The first-order valence-electron chi connectivity index (χ1n) is 6.44. The molecule has 3 nitrogen and oxygen atoms in total. The summed E-state index contributed by atoms with van der Waals surface area (Å²) < 4.78 is 0. The summed E-state index contributed by atoms with van der Waals surface area (Å²) in [6.45, 7) is 7.44. The molecule has 1 aromatic rings. The van der Waals surface area contributed by atoms with Crippen molar-refractivity contribution in [1.82, 2.24) is 15.5 Å². The molecule has 0 radical (unpaired) electrons. The molecule has 0 aromatic carbocycles. The maximum absolute atomic E-state index is 4.23. The summed E-state index contributed by atoms with van der Waals surface area (Å²) in [5.74, 6) is 0.948. The zero-order valence-corrected chi connectivity index (χ0v) is 10.6. The topological polar surface area (TPSA) is 40.7 Å². The molecule has 0 bridgehead atoms. The molecule has 0 spiro atoms. The fourth-order valence-electron chi connectivity index (χ4n) is 2.71. The fourth-order valence-corrected chi connectivity index (χ4v) is 2.71. The van der Waals surface area contributed by atoms with Crippen LogP contribution in [0.2, 0.25) is 0 Å². The monoisotopic (exact) mass is 221 g/mol. The molecule has 3 heteroatoms. The minimum atomic E-state index is 0.721. The summed E-state index contributed by atoms with van der Waals surface area (Å²) in [6, 6.07) is 0.721. The first kappa shape index (κ1) is 11.6. The molecule has 2 unspecified atom stereocenters. The second-order valence-corrected chi connectivity index (χ2v) is 5.08. The summed E-state index contributed by atoms with van der Waals surface area (Å²) >= 11 is 0. The number of hydrogen-bond acceptors (Lipinski definition) is 2. The molecule has 1 heterocycles. The third-order valence-corrected chi connectivity index (χ3v) is 3.97. The Morgan fingerprint density at radius 3 is 2.75 bits per heavy atom. The lowest BCUT2D eigenvalue weighted by Gasteiger charge is -2.12. The molecular weight excluding hydrogens is 198 g/mol. The quantitative estimate of drug-likeness (QED) is 0.820. The van der Waals surface area contributed by atoms with E-state index >= 15 is 0 Å². The van der Waals surface area contributed by atoms with E-state index in [0.717, 1.165) is 24.2 Å². The third kappa shape index (κ3) is 2.46. The molecule has 16 heavy (non-hydrogen) atoms. The van der Waals surface area contributed by atoms with Crippen LogP contribution in [0.5, 0.6) is 0 Å². The third-order valence-electron chi connectivity index (χ3n) is 3.97. The van der Waals surface area contributed by atoms with Gasteiger partial charge in [-0.3, -0.25) is 5.10 Å². The van der Waals surface area contributed by atoms with Crippen molar-refractivity contribution in [1.29, 1.82) is 0 Å². The van der Waals surface area contributed by atoms with Crippen LogP contribution in [0.25, 0.3) is 0 Å². The summed E-state index contributed by atoms with van der Waals surface area (Å²) in [7, 11) is 0. The molecule has 0 saturated heterocycles. The van der Waals surface area contributed by atoms with Crippen LogP contribution in [-0.4, -0.2) is 16.2 Å². The normalized spacial score (nSPS) is 25.2. The molecule has 2 atom stereocenters. The Kier molecular flexibility index (Phi) is 3.64. The lowest BCUT2D eigenvalue weighted by Crippen LogP contribution is -2.26. The van der Waals surface area contributed by atoms with Gasteiger partial charge in [-0.25, -0.2) is 0 Å². The number of aromatic nitrogens is 2. The molecule has 0 aliphatic heterocycles. The van der Waals surface area contributed by atoms with Crippen molar-refractivity contribution >= 4 is 0 Å². The largest absolute Gasteiger partial charge is 0.310 e. The smallest absolute Gasteiger partial charge is 0.0638 e. The van der Waals surface area contributed by atoms with E-state index in [1.54, 1.807) is 0 Å². The van der Waals surface area contributed by atoms with Crippen molar-refractivity contribution in [2.75, 3.05) is 0 Å². The number of H-pyrrole nitrogens is 1. The lowest BCUT2D eigenvalue weighted by atomic mass is 10.1. The SMILES string of the molecule is CCC1CCC(NCc2c(C)n[nH]c2C)C1. The molecule has 1 fully saturated rings. The molecule has 1 aromatic heterocycles. The Balaban J connectivity index is 1.84. The Morgan fingerprint density at radius 1 is 1.38 bits per heavy atom. The average molecular weight is 221 g/mol. The van der Waals surface area contributed by atoms with Crippen molar-refractivity contribution < 1.29 is 0 Å². The number of nitrogens with zero attached hydrogens (tertiary/aromatic N) is 1. The second-order valence-electron chi connectivity index (χ2n) is 5.08. The number of nitrogens with one attached hydrogen (secondary N) is 2. The Hall–Kier alpha value is -0.830. The molecule has 1 aliphatic rings. The van der Waals surface area contributed by atoms with Gasteiger partial charge < -0.3 is 5.32 Å². The minimum absolute atomic E-state index is 0.721. The van der Waals surface area contributed by atoms with Gasteiger partial charge in [-0.1, -0.05) is 13.3 Å². The summed E-state index contributed by atoms with van der Waals surface area (Å²) in [5, 5.41) is 10.9. The Morgan fingerprint density at radius 2 is 2.19 bits per heavy atom. The highest BCUT2D eigenvalue weighted by Crippen LogP contribution is 2.28. The van der Waals surface area contributed by atoms with Crippen LogP contribution in [0.3, 0.4) is 0 Å². The molecule has 1 saturated carbocycles. The highest BCUT2D eigenvalue weighted by Gasteiger charge is 2.23. The molecule has 2 N–H and O–H groups in total. The molecule has 90 valence electrons. The van der Waals surface area contributed by atoms with Gasteiger partial charge in [-0.15, -0.1) is 0 Å². The highest BCUT2D eigenvalue weighted by molar-refractivity contribution is 5.22. The van der Waals surface area contributed by atoms with E-state index in [1.807, 2.05) is 0 Å². The number of rotatable bonds is 4. The molecule has 2 rings (SSSR count). The fraction of sp³-hybridized carbons (Fsp3) is 0.769. The van der Waals surface area contributed by atoms with E-state index in [0.29, 0.717) is 0 Å². The first-order valence-corrected chi connectivity index (χ1v) is 6.44. The van der Waals surface area contributed by atoms with E-state index in [2.05, 4.69) is 36.3 Å². The highest BCUT2D eigenvalue weighted by atomic mass is 15.1. The van der Waals surface area contributed by atoms with Gasteiger partial charge in [0.2, 0.25) is 0 Å². The van der Waals surface area contributed by atoms with Crippen molar-refractivity contribution in [2.24, 2.45) is 5.92 Å². The predicted molar refractivity (Wildman–Crippen MR) is 66.3 cm³/mol. The number of aromatic amines is 1. The lowest BCUT2D eigenvalue weighted by molar-refractivity contribution is 0.476. The number of hydrogen-bond donors (Lipinski definition) is 2. The Bertz CT molecular complexity index is 323. The van der Waals surface area contributed by atoms with Crippen LogP contribution in [0, 0.1) is 19.8 Å². The average Bonchev–Trinajstić information content (AvgIpc) is 2.85. The van der Waals surface area contributed by atoms with Gasteiger partial charge in [0.1, 0.15) is 0 Å². The molecular formula is C13H23N3. The van der Waals surface area contributed by atoms with Crippen molar-refractivity contribution in [3.63, 3.8) is 0 Å². The van der Waals surface area contributed by atoms with Gasteiger partial charge in [0, 0.05) is 23.8 Å². The molecule has 0 amide bonds. The van der Waals surface area contributed by atoms with Gasteiger partial charge in [0.25, 0.3) is 0 Å². The van der Waals surface area contributed by atoms with Gasteiger partial charge in [-0.2, -0.15) is 5.10 Å². The zero-order valence-electron chi connectivity index (χ0n) is 10.6. The van der Waals surface area contributed by atoms with Gasteiger partial charge in [-0.05, 0) is 39.0 Å². The van der Waals surface area contributed by atoms with E-state index in [-0.39, 0.29) is 0 Å². The maximum Gasteiger partial charge on any atom is 0.0638 e. The summed E-state index contributed by atoms with van der Waals surface area (Å²) in [5.41, 5.74) is 3.69. The van der Waals surface area contributed by atoms with Gasteiger partial charge >= 0.3 is 0 Å². The minimum Gasteiger partial charge on any atom is -0.310 e. The Labute approximate surface area is 98.0 Å². The van der Waals surface area contributed by atoms with Crippen LogP contribution in [0.15, 0.2) is 0 Å². The van der Waals surface area contributed by atoms with E-state index in [9.17, 15) is 0 Å². The maximum atomic E-state index is 4.23. The van der Waals surface area contributed by atoms with E-state index in [4.69, 9.17) is 0 Å². The summed E-state index contributed by atoms with van der Waals surface area (Å²) in [6.07, 6.45) is 5.43. The molecule has 1 aliphatic carbocycles. The standard InChI is InChI=1S/C13H23N3/c1-4-11-5-6-12(7-11)14-8-13-9(2)15-16-10(13)3/h11-12,14H,4-8H2,1-3H3,(H,15,16). The van der Waals surface area contributed by atoms with Crippen LogP contribution < -0.4 is 5.32 Å². The van der Waals surface area contributed by atoms with Crippen molar-refractivity contribution in [3.05, 3.63) is 17.0 Å². The second kappa shape index (κ2) is 5.00. The van der Waals surface area contributed by atoms with Crippen LogP contribution in [-0.2, 0) is 6.54 Å². The van der Waals surface area contributed by atoms with Gasteiger partial charge in [0.15, 0.2) is 0 Å². The number of aryl methyl sites for hydroxylation is 2. The van der Waals surface area contributed by atoms with Crippen LogP contribution in [0.4, 0.5) is 0 Å². The predicted octanol–water partition coefficient (Wildman–Crippen LogP) is 2.69. The van der Waals surface area contributed by atoms with Crippen molar-refractivity contribution in [3.8, 4) is 0 Å². The van der Waals surface area contributed by atoms with Crippen molar-refractivity contribution in [2.45, 2.75) is 59.0 Å². The van der Waals surface area contributed by atoms with Gasteiger partial charge in [0.05, 0.1) is 5.69 Å².